The van der Waals surface area contributed by atoms with Gasteiger partial charge in [0.05, 0.1) is 0 Å². The zero-order valence-electron chi connectivity index (χ0n) is 13.5. The maximum atomic E-state index is 10.0. The molecule has 1 saturated carbocycles. The van der Waals surface area contributed by atoms with Crippen molar-refractivity contribution >= 4 is 0 Å². The Balaban J connectivity index is 1.68. The Morgan fingerprint density at radius 3 is 2.62 bits per heavy atom. The molecule has 3 heteroatoms. The van der Waals surface area contributed by atoms with Gasteiger partial charge in [-0.2, -0.15) is 0 Å². The third-order valence-electron chi connectivity index (χ3n) is 4.83. The lowest BCUT2D eigenvalue weighted by atomic mass is 9.93. The van der Waals surface area contributed by atoms with Gasteiger partial charge in [-0.25, -0.2) is 0 Å². The highest BCUT2D eigenvalue weighted by molar-refractivity contribution is 5.26. The first-order valence-corrected chi connectivity index (χ1v) is 8.21. The van der Waals surface area contributed by atoms with Crippen molar-refractivity contribution < 1.29 is 9.84 Å². The van der Waals surface area contributed by atoms with E-state index >= 15 is 0 Å². The largest absolute Gasteiger partial charge is 0.491 e. The lowest BCUT2D eigenvalue weighted by Gasteiger charge is -2.22. The highest BCUT2D eigenvalue weighted by Crippen LogP contribution is 2.33. The predicted octanol–water partition coefficient (Wildman–Crippen LogP) is 3.15. The van der Waals surface area contributed by atoms with Gasteiger partial charge in [0.1, 0.15) is 18.5 Å². The van der Waals surface area contributed by atoms with E-state index in [1.165, 1.54) is 24.8 Å². The van der Waals surface area contributed by atoms with Gasteiger partial charge < -0.3 is 15.2 Å². The second kappa shape index (κ2) is 7.81. The molecular weight excluding hydrogens is 262 g/mol. The van der Waals surface area contributed by atoms with Crippen LogP contribution in [-0.2, 0) is 0 Å². The van der Waals surface area contributed by atoms with Gasteiger partial charge in [0.2, 0.25) is 0 Å². The molecule has 4 atom stereocenters. The fraction of sp³-hybridized carbons (Fsp3) is 0.667. The fourth-order valence-electron chi connectivity index (χ4n) is 3.29. The Hall–Kier alpha value is -1.06. The van der Waals surface area contributed by atoms with Crippen LogP contribution in [0.1, 0.15) is 38.7 Å². The first-order chi connectivity index (χ1) is 10.1. The van der Waals surface area contributed by atoms with Crippen LogP contribution in [0.3, 0.4) is 0 Å². The van der Waals surface area contributed by atoms with Gasteiger partial charge >= 0.3 is 0 Å². The zero-order valence-corrected chi connectivity index (χ0v) is 13.5. The first-order valence-electron chi connectivity index (χ1n) is 8.21. The molecule has 1 aliphatic carbocycles. The summed E-state index contributed by atoms with van der Waals surface area (Å²) in [6, 6.07) is 8.47. The molecule has 1 aromatic carbocycles. The molecule has 1 aromatic rings. The third kappa shape index (κ3) is 4.72. The fourth-order valence-corrected chi connectivity index (χ4v) is 3.29. The lowest BCUT2D eigenvalue weighted by molar-refractivity contribution is 0.102. The number of nitrogens with one attached hydrogen (secondary N) is 1. The maximum Gasteiger partial charge on any atom is 0.119 e. The van der Waals surface area contributed by atoms with E-state index in [1.807, 2.05) is 24.3 Å². The normalized spacial score (nSPS) is 26.8. The number of aliphatic hydroxyl groups excluding tert-OH is 1. The smallest absolute Gasteiger partial charge is 0.119 e. The molecule has 0 aromatic heterocycles. The second-order valence-electron chi connectivity index (χ2n) is 6.40. The van der Waals surface area contributed by atoms with Crippen LogP contribution in [0.2, 0.25) is 0 Å². The molecular formula is C18H29NO2. The SMILES string of the molecule is CCC1CCC(NCC(O)COc2ccc(C)cc2)C1C. The quantitative estimate of drug-likeness (QED) is 0.811. The molecule has 2 N–H and O–H groups in total. The Bertz CT molecular complexity index is 418. The maximum absolute atomic E-state index is 10.0. The highest BCUT2D eigenvalue weighted by Gasteiger charge is 2.31. The van der Waals surface area contributed by atoms with Crippen LogP contribution >= 0.6 is 0 Å². The summed E-state index contributed by atoms with van der Waals surface area (Å²) in [6.45, 7) is 7.60. The van der Waals surface area contributed by atoms with Crippen LogP contribution in [0.4, 0.5) is 0 Å². The van der Waals surface area contributed by atoms with Crippen LogP contribution in [-0.4, -0.2) is 30.4 Å². The van der Waals surface area contributed by atoms with Gasteiger partial charge in [-0.1, -0.05) is 38.0 Å². The Morgan fingerprint density at radius 2 is 2.00 bits per heavy atom. The van der Waals surface area contributed by atoms with Crippen molar-refractivity contribution in [3.63, 3.8) is 0 Å². The van der Waals surface area contributed by atoms with E-state index in [1.54, 1.807) is 0 Å². The molecule has 3 nitrogen and oxygen atoms in total. The number of benzene rings is 1. The Kier molecular flexibility index (Phi) is 6.07. The van der Waals surface area contributed by atoms with E-state index in [-0.39, 0.29) is 0 Å². The average molecular weight is 291 g/mol. The van der Waals surface area contributed by atoms with Crippen molar-refractivity contribution in [3.05, 3.63) is 29.8 Å². The molecule has 1 aliphatic rings. The molecule has 0 spiro atoms. The molecule has 0 heterocycles. The van der Waals surface area contributed by atoms with Gasteiger partial charge in [-0.05, 0) is 43.7 Å². The van der Waals surface area contributed by atoms with Crippen molar-refractivity contribution in [1.29, 1.82) is 0 Å². The lowest BCUT2D eigenvalue weighted by Crippen LogP contribution is -2.39. The Labute approximate surface area is 128 Å². The minimum atomic E-state index is -0.459. The summed E-state index contributed by atoms with van der Waals surface area (Å²) in [7, 11) is 0. The molecule has 0 bridgehead atoms. The van der Waals surface area contributed by atoms with Gasteiger partial charge in [0.25, 0.3) is 0 Å². The average Bonchev–Trinajstić information content (AvgIpc) is 2.85. The van der Waals surface area contributed by atoms with Crippen molar-refractivity contribution in [2.75, 3.05) is 13.2 Å². The van der Waals surface area contributed by atoms with Gasteiger partial charge in [-0.15, -0.1) is 0 Å². The van der Waals surface area contributed by atoms with Crippen LogP contribution in [0, 0.1) is 18.8 Å². The van der Waals surface area contributed by atoms with E-state index in [0.29, 0.717) is 25.1 Å². The summed E-state index contributed by atoms with van der Waals surface area (Å²) in [5.74, 6) is 2.36. The van der Waals surface area contributed by atoms with E-state index in [4.69, 9.17) is 4.74 Å². The van der Waals surface area contributed by atoms with E-state index in [2.05, 4.69) is 26.1 Å². The van der Waals surface area contributed by atoms with Gasteiger partial charge in [0, 0.05) is 12.6 Å². The van der Waals surface area contributed by atoms with Crippen molar-refractivity contribution in [2.24, 2.45) is 11.8 Å². The number of hydrogen-bond acceptors (Lipinski definition) is 3. The topological polar surface area (TPSA) is 41.5 Å². The van der Waals surface area contributed by atoms with Crippen LogP contribution in [0.15, 0.2) is 24.3 Å². The predicted molar refractivity (Wildman–Crippen MR) is 86.7 cm³/mol. The highest BCUT2D eigenvalue weighted by atomic mass is 16.5. The molecule has 118 valence electrons. The molecule has 2 rings (SSSR count). The number of aliphatic hydroxyl groups is 1. The number of aryl methyl sites for hydroxylation is 1. The van der Waals surface area contributed by atoms with E-state index in [9.17, 15) is 5.11 Å². The Morgan fingerprint density at radius 1 is 1.29 bits per heavy atom. The zero-order chi connectivity index (χ0) is 15.2. The van der Waals surface area contributed by atoms with Crippen molar-refractivity contribution in [2.45, 2.75) is 52.2 Å². The van der Waals surface area contributed by atoms with Gasteiger partial charge in [-0.3, -0.25) is 0 Å². The molecule has 0 amide bonds. The van der Waals surface area contributed by atoms with Gasteiger partial charge in [0.15, 0.2) is 0 Å². The number of ether oxygens (including phenoxy) is 1. The molecule has 0 aliphatic heterocycles. The van der Waals surface area contributed by atoms with E-state index in [0.717, 1.165) is 11.7 Å². The molecule has 21 heavy (non-hydrogen) atoms. The summed E-state index contributed by atoms with van der Waals surface area (Å²) in [5.41, 5.74) is 1.21. The standard InChI is InChI=1S/C18H29NO2/c1-4-15-7-10-18(14(15)3)19-11-16(20)12-21-17-8-5-13(2)6-9-17/h5-6,8-9,14-16,18-20H,4,7,10-12H2,1-3H3. The van der Waals surface area contributed by atoms with Crippen LogP contribution in [0.25, 0.3) is 0 Å². The van der Waals surface area contributed by atoms with Crippen LogP contribution in [0.5, 0.6) is 5.75 Å². The second-order valence-corrected chi connectivity index (χ2v) is 6.40. The van der Waals surface area contributed by atoms with Crippen LogP contribution < -0.4 is 10.1 Å². The number of rotatable bonds is 7. The van der Waals surface area contributed by atoms with Crippen molar-refractivity contribution in [3.8, 4) is 5.75 Å². The molecule has 1 fully saturated rings. The molecule has 0 saturated heterocycles. The third-order valence-corrected chi connectivity index (χ3v) is 4.83. The summed E-state index contributed by atoms with van der Waals surface area (Å²) >= 11 is 0. The molecule has 0 radical (unpaired) electrons. The molecule has 4 unspecified atom stereocenters. The summed E-state index contributed by atoms with van der Waals surface area (Å²) in [4.78, 5) is 0. The summed E-state index contributed by atoms with van der Waals surface area (Å²) in [5, 5.41) is 13.6. The minimum Gasteiger partial charge on any atom is -0.491 e. The van der Waals surface area contributed by atoms with Crippen molar-refractivity contribution in [1.82, 2.24) is 5.32 Å². The summed E-state index contributed by atoms with van der Waals surface area (Å²) < 4.78 is 5.62. The minimum absolute atomic E-state index is 0.342. The number of hydrogen-bond donors (Lipinski definition) is 2. The first kappa shape index (κ1) is 16.3. The van der Waals surface area contributed by atoms with E-state index < -0.39 is 6.10 Å². The monoisotopic (exact) mass is 291 g/mol. The summed E-state index contributed by atoms with van der Waals surface area (Å²) in [6.07, 6.45) is 3.34.